The molecule has 0 fully saturated rings. The Bertz CT molecular complexity index is 275. The first-order valence-corrected chi connectivity index (χ1v) is 8.73. The molecule has 0 spiro atoms. The number of nitrogens with zero attached hydrogens (tertiary/aromatic N) is 1. The van der Waals surface area contributed by atoms with E-state index in [0.29, 0.717) is 10.6 Å². The summed E-state index contributed by atoms with van der Waals surface area (Å²) in [6.45, 7) is 0. The normalized spacial score (nSPS) is 7.54. The molecular weight excluding hydrogens is 414 g/mol. The number of hydrogen-bond acceptors (Lipinski definition) is 2. The zero-order chi connectivity index (χ0) is 9.40. The monoisotopic (exact) mass is 419 g/mol. The molecule has 0 heterocycles. The molecule has 1 aromatic rings. The number of halogens is 3. The second kappa shape index (κ2) is 10.3. The first-order valence-electron chi connectivity index (χ1n) is 2.72. The van der Waals surface area contributed by atoms with Gasteiger partial charge in [0.2, 0.25) is 0 Å². The molecule has 0 saturated carbocycles. The maximum atomic E-state index is 8.35. The summed E-state index contributed by atoms with van der Waals surface area (Å²) in [6.07, 6.45) is 0. The van der Waals surface area contributed by atoms with Crippen molar-refractivity contribution in [2.75, 3.05) is 0 Å². The molecule has 13 heavy (non-hydrogen) atoms. The van der Waals surface area contributed by atoms with Crippen molar-refractivity contribution in [3.63, 3.8) is 0 Å². The molecule has 6 heteroatoms. The Labute approximate surface area is 98.8 Å². The van der Waals surface area contributed by atoms with Crippen LogP contribution in [0.1, 0.15) is 5.56 Å². The van der Waals surface area contributed by atoms with E-state index in [1.54, 1.807) is 24.3 Å². The molecule has 0 atom stereocenters. The SMILES string of the molecule is N.N#Cc1cccc(Cl)c1.[Cl][Pt][Cl]. The van der Waals surface area contributed by atoms with Gasteiger partial charge in [-0.1, -0.05) is 17.7 Å². The van der Waals surface area contributed by atoms with Crippen molar-refractivity contribution < 1.29 is 16.5 Å². The number of nitriles is 1. The summed E-state index contributed by atoms with van der Waals surface area (Å²) in [7, 11) is 9.75. The van der Waals surface area contributed by atoms with E-state index in [0.717, 1.165) is 0 Å². The van der Waals surface area contributed by atoms with E-state index in [4.69, 9.17) is 35.7 Å². The summed E-state index contributed by atoms with van der Waals surface area (Å²) < 4.78 is 0. The van der Waals surface area contributed by atoms with Gasteiger partial charge in [-0.2, -0.15) is 5.26 Å². The summed E-state index contributed by atoms with van der Waals surface area (Å²) in [5.74, 6) is 0. The molecule has 0 aliphatic heterocycles. The van der Waals surface area contributed by atoms with Gasteiger partial charge in [-0.3, -0.25) is 0 Å². The van der Waals surface area contributed by atoms with Crippen LogP contribution in [0.5, 0.6) is 0 Å². The van der Waals surface area contributed by atoms with Gasteiger partial charge in [-0.15, -0.1) is 0 Å². The zero-order valence-electron chi connectivity index (χ0n) is 6.41. The first kappa shape index (κ1) is 15.7. The van der Waals surface area contributed by atoms with Gasteiger partial charge < -0.3 is 6.15 Å². The fraction of sp³-hybridized carbons (Fsp3) is 0. The third kappa shape index (κ3) is 8.56. The van der Waals surface area contributed by atoms with Gasteiger partial charge >= 0.3 is 35.3 Å². The van der Waals surface area contributed by atoms with Crippen molar-refractivity contribution in [3.8, 4) is 6.07 Å². The van der Waals surface area contributed by atoms with Gasteiger partial charge in [-0.25, -0.2) is 0 Å². The fourth-order valence-corrected chi connectivity index (χ4v) is 0.748. The summed E-state index contributed by atoms with van der Waals surface area (Å²) in [5.41, 5.74) is 0.600. The third-order valence-corrected chi connectivity index (χ3v) is 1.19. The van der Waals surface area contributed by atoms with Crippen LogP contribution in [0.2, 0.25) is 5.02 Å². The van der Waals surface area contributed by atoms with Gasteiger partial charge in [0.25, 0.3) is 0 Å². The molecule has 1 rings (SSSR count). The maximum absolute atomic E-state index is 8.35. The van der Waals surface area contributed by atoms with E-state index < -0.39 is 16.5 Å². The van der Waals surface area contributed by atoms with E-state index in [1.807, 2.05) is 6.07 Å². The van der Waals surface area contributed by atoms with Crippen LogP contribution in [0.4, 0.5) is 0 Å². The Morgan fingerprint density at radius 1 is 1.31 bits per heavy atom. The Morgan fingerprint density at radius 2 is 1.85 bits per heavy atom. The Kier molecular flexibility index (Phi) is 12.4. The van der Waals surface area contributed by atoms with Gasteiger partial charge in [-0.05, 0) is 18.2 Å². The number of rotatable bonds is 0. The van der Waals surface area contributed by atoms with Crippen LogP contribution in [0.3, 0.4) is 0 Å². The molecule has 0 aliphatic rings. The van der Waals surface area contributed by atoms with Crippen LogP contribution < -0.4 is 6.15 Å². The molecule has 0 aliphatic carbocycles. The van der Waals surface area contributed by atoms with Crippen LogP contribution in [-0.2, 0) is 16.5 Å². The second-order valence-electron chi connectivity index (χ2n) is 1.67. The van der Waals surface area contributed by atoms with Crippen LogP contribution in [-0.4, -0.2) is 0 Å². The van der Waals surface area contributed by atoms with Gasteiger partial charge in [0.05, 0.1) is 11.6 Å². The summed E-state index contributed by atoms with van der Waals surface area (Å²) in [5, 5.41) is 8.96. The van der Waals surface area contributed by atoms with E-state index in [-0.39, 0.29) is 6.15 Å². The second-order valence-corrected chi connectivity index (χ2v) is 5.39. The molecule has 0 amide bonds. The summed E-state index contributed by atoms with van der Waals surface area (Å²) in [6, 6.07) is 8.81. The molecule has 76 valence electrons. The molecule has 0 aromatic heterocycles. The van der Waals surface area contributed by atoms with Crippen molar-refractivity contribution in [3.05, 3.63) is 34.9 Å². The van der Waals surface area contributed by atoms with E-state index in [9.17, 15) is 0 Å². The quantitative estimate of drug-likeness (QED) is 0.695. The molecule has 3 N–H and O–H groups in total. The van der Waals surface area contributed by atoms with E-state index in [2.05, 4.69) is 0 Å². The predicted molar refractivity (Wildman–Crippen MR) is 52.9 cm³/mol. The Morgan fingerprint density at radius 3 is 2.15 bits per heavy atom. The number of hydrogen-bond donors (Lipinski definition) is 1. The average molecular weight is 421 g/mol. The number of benzene rings is 1. The molecule has 0 unspecified atom stereocenters. The van der Waals surface area contributed by atoms with Crippen LogP contribution in [0.25, 0.3) is 0 Å². The third-order valence-electron chi connectivity index (χ3n) is 0.954. The fourth-order valence-electron chi connectivity index (χ4n) is 0.558. The van der Waals surface area contributed by atoms with Crippen molar-refractivity contribution in [1.29, 1.82) is 5.26 Å². The van der Waals surface area contributed by atoms with E-state index in [1.165, 1.54) is 0 Å². The predicted octanol–water partition coefficient (Wildman–Crippen LogP) is 3.75. The van der Waals surface area contributed by atoms with Crippen molar-refractivity contribution in [2.24, 2.45) is 0 Å². The molecule has 0 bridgehead atoms. The minimum atomic E-state index is -0.472. The average Bonchev–Trinajstić information content (AvgIpc) is 2.06. The van der Waals surface area contributed by atoms with Crippen LogP contribution in [0.15, 0.2) is 24.3 Å². The zero-order valence-corrected chi connectivity index (χ0v) is 11.0. The van der Waals surface area contributed by atoms with Crippen LogP contribution in [0, 0.1) is 11.3 Å². The van der Waals surface area contributed by atoms with Gasteiger partial charge in [0.1, 0.15) is 0 Å². The topological polar surface area (TPSA) is 58.8 Å². The van der Waals surface area contributed by atoms with Crippen molar-refractivity contribution in [2.45, 2.75) is 0 Å². The van der Waals surface area contributed by atoms with E-state index >= 15 is 0 Å². The van der Waals surface area contributed by atoms with Crippen molar-refractivity contribution in [1.82, 2.24) is 6.15 Å². The Balaban J connectivity index is 0. The molecule has 0 saturated heterocycles. The van der Waals surface area contributed by atoms with Crippen LogP contribution >= 0.6 is 30.4 Å². The Hall–Kier alpha value is 0.228. The summed E-state index contributed by atoms with van der Waals surface area (Å²) >= 11 is 5.10. The van der Waals surface area contributed by atoms with Gasteiger partial charge in [0.15, 0.2) is 0 Å². The molecule has 0 radical (unpaired) electrons. The van der Waals surface area contributed by atoms with Gasteiger partial charge in [0, 0.05) is 5.02 Å². The molecule has 1 aromatic carbocycles. The molecular formula is C7H7Cl3N2Pt. The summed E-state index contributed by atoms with van der Waals surface area (Å²) in [4.78, 5) is 0. The first-order chi connectivity index (χ1) is 5.74. The molecule has 2 nitrogen and oxygen atoms in total. The van der Waals surface area contributed by atoms with Crippen molar-refractivity contribution >= 4 is 30.4 Å². The minimum absolute atomic E-state index is 0. The standard InChI is InChI=1S/C7H4ClN.2ClH.H3N.Pt/c8-7-3-1-2-6(4-7)5-9;;;;/h1-4H;2*1H;1H3;/q;;;;+2/p-2.